The van der Waals surface area contributed by atoms with Crippen molar-refractivity contribution in [3.63, 3.8) is 0 Å². The molecule has 6 heteroatoms. The highest BCUT2D eigenvalue weighted by molar-refractivity contribution is 5.80. The number of nitrogens with one attached hydrogen (secondary N) is 1. The Kier molecular flexibility index (Phi) is 8.88. The normalized spacial score (nSPS) is 19.2. The first-order valence-electron chi connectivity index (χ1n) is 9.89. The third-order valence-electron chi connectivity index (χ3n) is 4.68. The Balaban J connectivity index is 1.86. The first-order valence-corrected chi connectivity index (χ1v) is 9.89. The van der Waals surface area contributed by atoms with Crippen LogP contribution >= 0.6 is 0 Å². The predicted molar refractivity (Wildman–Crippen MR) is 104 cm³/mol. The summed E-state index contributed by atoms with van der Waals surface area (Å²) in [6.45, 7) is 7.65. The lowest BCUT2D eigenvalue weighted by Crippen LogP contribution is -2.38. The number of hydrogen-bond acceptors (Lipinski definition) is 5. The fraction of sp³-hybridized carbons (Fsp3) is 0.667. The van der Waals surface area contributed by atoms with Crippen molar-refractivity contribution in [1.82, 2.24) is 5.32 Å². The number of benzene rings is 1. The average Bonchev–Trinajstić information content (AvgIpc) is 2.70. The van der Waals surface area contributed by atoms with Crippen molar-refractivity contribution in [1.29, 1.82) is 0 Å². The molecule has 27 heavy (non-hydrogen) atoms. The van der Waals surface area contributed by atoms with E-state index < -0.39 is 6.10 Å². The van der Waals surface area contributed by atoms with Crippen LogP contribution in [0.1, 0.15) is 58.1 Å². The maximum atomic E-state index is 12.4. The predicted octanol–water partition coefficient (Wildman–Crippen LogP) is 3.64. The van der Waals surface area contributed by atoms with Gasteiger partial charge < -0.3 is 24.3 Å². The van der Waals surface area contributed by atoms with Crippen molar-refractivity contribution in [2.75, 3.05) is 26.9 Å². The smallest absolute Gasteiger partial charge is 0.249 e. The lowest BCUT2D eigenvalue weighted by molar-refractivity contribution is -0.136. The Morgan fingerprint density at radius 2 is 2.11 bits per heavy atom. The summed E-state index contributed by atoms with van der Waals surface area (Å²) >= 11 is 0. The number of carbonyl (C=O) groups excluding carboxylic acids is 1. The van der Waals surface area contributed by atoms with Gasteiger partial charge in [0, 0.05) is 6.61 Å². The summed E-state index contributed by atoms with van der Waals surface area (Å²) < 4.78 is 22.4. The molecule has 0 radical (unpaired) electrons. The highest BCUT2D eigenvalue weighted by atomic mass is 16.5. The van der Waals surface area contributed by atoms with Gasteiger partial charge in [0.05, 0.1) is 32.5 Å². The summed E-state index contributed by atoms with van der Waals surface area (Å²) in [5.41, 5.74) is 0.951. The van der Waals surface area contributed by atoms with Gasteiger partial charge in [-0.15, -0.1) is 0 Å². The monoisotopic (exact) mass is 379 g/mol. The van der Waals surface area contributed by atoms with Crippen molar-refractivity contribution in [2.45, 2.75) is 64.7 Å². The second-order valence-electron chi connectivity index (χ2n) is 6.95. The van der Waals surface area contributed by atoms with E-state index >= 15 is 0 Å². The minimum atomic E-state index is -0.521. The van der Waals surface area contributed by atoms with E-state index in [9.17, 15) is 4.79 Å². The van der Waals surface area contributed by atoms with Crippen LogP contribution in [0, 0.1) is 0 Å². The molecule has 1 saturated heterocycles. The molecule has 1 amide bonds. The zero-order valence-corrected chi connectivity index (χ0v) is 17.0. The highest BCUT2D eigenvalue weighted by Crippen LogP contribution is 2.30. The molecule has 0 saturated carbocycles. The fourth-order valence-corrected chi connectivity index (χ4v) is 2.97. The van der Waals surface area contributed by atoms with E-state index in [4.69, 9.17) is 18.9 Å². The third-order valence-corrected chi connectivity index (χ3v) is 4.68. The Morgan fingerprint density at radius 1 is 1.30 bits per heavy atom. The van der Waals surface area contributed by atoms with Crippen LogP contribution in [0.25, 0.3) is 0 Å². The van der Waals surface area contributed by atoms with E-state index in [0.29, 0.717) is 24.7 Å². The molecule has 6 nitrogen and oxygen atoms in total. The maximum Gasteiger partial charge on any atom is 0.249 e. The van der Waals surface area contributed by atoms with E-state index in [1.165, 1.54) is 0 Å². The van der Waals surface area contributed by atoms with Crippen LogP contribution in [0.4, 0.5) is 0 Å². The fourth-order valence-electron chi connectivity index (χ4n) is 2.97. The largest absolute Gasteiger partial charge is 0.493 e. The molecular formula is C21H33NO5. The summed E-state index contributed by atoms with van der Waals surface area (Å²) in [7, 11) is 1.62. The van der Waals surface area contributed by atoms with Gasteiger partial charge >= 0.3 is 0 Å². The van der Waals surface area contributed by atoms with Gasteiger partial charge in [0.25, 0.3) is 0 Å². The van der Waals surface area contributed by atoms with E-state index in [-0.39, 0.29) is 18.1 Å². The third kappa shape index (κ3) is 6.70. The topological polar surface area (TPSA) is 66.0 Å². The van der Waals surface area contributed by atoms with Crippen LogP contribution in [0.5, 0.6) is 11.5 Å². The lowest BCUT2D eigenvalue weighted by Gasteiger charge is -2.24. The van der Waals surface area contributed by atoms with Crippen molar-refractivity contribution in [3.8, 4) is 11.5 Å². The van der Waals surface area contributed by atoms with Crippen molar-refractivity contribution < 1.29 is 23.7 Å². The molecule has 1 aliphatic rings. The number of amides is 1. The van der Waals surface area contributed by atoms with Gasteiger partial charge in [-0.3, -0.25) is 4.79 Å². The minimum Gasteiger partial charge on any atom is -0.493 e. The quantitative estimate of drug-likeness (QED) is 0.672. The van der Waals surface area contributed by atoms with Gasteiger partial charge in [0.2, 0.25) is 5.91 Å². The second-order valence-corrected chi connectivity index (χ2v) is 6.95. The van der Waals surface area contributed by atoms with Gasteiger partial charge in [-0.25, -0.2) is 0 Å². The van der Waals surface area contributed by atoms with Crippen LogP contribution in [0.15, 0.2) is 18.2 Å². The Hall–Kier alpha value is -1.79. The molecule has 1 N–H and O–H groups in total. The first kappa shape index (κ1) is 21.5. The SMILES string of the molecule is CCCOc1ccc(C(C)NC(=O)C(C)OCC2CCCCO2)cc1OC. The van der Waals surface area contributed by atoms with Gasteiger partial charge in [-0.05, 0) is 57.2 Å². The molecule has 1 aromatic carbocycles. The average molecular weight is 379 g/mol. The van der Waals surface area contributed by atoms with Gasteiger partial charge in [-0.2, -0.15) is 0 Å². The van der Waals surface area contributed by atoms with Crippen molar-refractivity contribution >= 4 is 5.91 Å². The summed E-state index contributed by atoms with van der Waals surface area (Å²) in [6, 6.07) is 5.56. The molecule has 0 bridgehead atoms. The maximum absolute atomic E-state index is 12.4. The molecule has 3 unspecified atom stereocenters. The Morgan fingerprint density at radius 3 is 2.78 bits per heavy atom. The van der Waals surface area contributed by atoms with E-state index in [2.05, 4.69) is 12.2 Å². The molecule has 3 atom stereocenters. The number of ether oxygens (including phenoxy) is 4. The molecule has 0 aliphatic carbocycles. The molecular weight excluding hydrogens is 346 g/mol. The van der Waals surface area contributed by atoms with E-state index in [1.807, 2.05) is 25.1 Å². The van der Waals surface area contributed by atoms with Crippen LogP contribution < -0.4 is 14.8 Å². The molecule has 0 aromatic heterocycles. The van der Waals surface area contributed by atoms with Crippen LogP contribution in [-0.2, 0) is 14.3 Å². The molecule has 1 heterocycles. The van der Waals surface area contributed by atoms with Crippen LogP contribution in [0.3, 0.4) is 0 Å². The van der Waals surface area contributed by atoms with Crippen molar-refractivity contribution in [2.24, 2.45) is 0 Å². The lowest BCUT2D eigenvalue weighted by atomic mass is 10.1. The summed E-state index contributed by atoms with van der Waals surface area (Å²) in [6.07, 6.45) is 3.78. The Labute approximate surface area is 162 Å². The summed E-state index contributed by atoms with van der Waals surface area (Å²) in [5, 5.41) is 3.00. The standard InChI is InChI=1S/C21H33NO5/c1-5-11-26-19-10-9-17(13-20(19)24-4)15(2)22-21(23)16(3)27-14-18-8-6-7-12-25-18/h9-10,13,15-16,18H,5-8,11-12,14H2,1-4H3,(H,22,23). The van der Waals surface area contributed by atoms with E-state index in [1.54, 1.807) is 14.0 Å². The molecule has 152 valence electrons. The first-order chi connectivity index (χ1) is 13.0. The summed E-state index contributed by atoms with van der Waals surface area (Å²) in [4.78, 5) is 12.4. The molecule has 1 aromatic rings. The summed E-state index contributed by atoms with van der Waals surface area (Å²) in [5.74, 6) is 1.25. The number of hydrogen-bond donors (Lipinski definition) is 1. The molecule has 0 spiro atoms. The number of carbonyl (C=O) groups is 1. The van der Waals surface area contributed by atoms with Gasteiger partial charge in [-0.1, -0.05) is 13.0 Å². The zero-order chi connectivity index (χ0) is 19.6. The zero-order valence-electron chi connectivity index (χ0n) is 17.0. The molecule has 2 rings (SSSR count). The van der Waals surface area contributed by atoms with E-state index in [0.717, 1.165) is 37.9 Å². The van der Waals surface area contributed by atoms with Crippen molar-refractivity contribution in [3.05, 3.63) is 23.8 Å². The molecule has 1 fully saturated rings. The van der Waals surface area contributed by atoms with Crippen LogP contribution in [0.2, 0.25) is 0 Å². The molecule has 1 aliphatic heterocycles. The Bertz CT molecular complexity index is 586. The minimum absolute atomic E-state index is 0.103. The number of rotatable bonds is 10. The second kappa shape index (κ2) is 11.1. The van der Waals surface area contributed by atoms with Crippen LogP contribution in [-0.4, -0.2) is 45.0 Å². The number of methoxy groups -OCH3 is 1. The van der Waals surface area contributed by atoms with Gasteiger partial charge in [0.15, 0.2) is 11.5 Å². The van der Waals surface area contributed by atoms with Gasteiger partial charge in [0.1, 0.15) is 6.10 Å². The highest BCUT2D eigenvalue weighted by Gasteiger charge is 2.21.